The summed E-state index contributed by atoms with van der Waals surface area (Å²) in [5.74, 6) is 1.40. The Hall–Kier alpha value is -0.160. The highest BCUT2D eigenvalue weighted by molar-refractivity contribution is 5.01. The van der Waals surface area contributed by atoms with E-state index in [9.17, 15) is 0 Å². The predicted molar refractivity (Wildman–Crippen MR) is 86.4 cm³/mol. The highest BCUT2D eigenvalue weighted by Gasteiger charge is 2.46. The highest BCUT2D eigenvalue weighted by Crippen LogP contribution is 2.41. The summed E-state index contributed by atoms with van der Waals surface area (Å²) in [4.78, 5) is 2.66. The molecule has 0 aromatic carbocycles. The normalized spacial score (nSPS) is 31.9. The number of nitrogens with zero attached hydrogens (tertiary/aromatic N) is 1. The van der Waals surface area contributed by atoms with Gasteiger partial charge in [0, 0.05) is 38.4 Å². The number of methoxy groups -OCH3 is 1. The monoisotopic (exact) mass is 298 g/mol. The Morgan fingerprint density at radius 2 is 2.05 bits per heavy atom. The van der Waals surface area contributed by atoms with E-state index in [0.717, 1.165) is 45.1 Å². The molecule has 2 rings (SSSR count). The Balaban J connectivity index is 2.15. The Labute approximate surface area is 130 Å². The molecule has 21 heavy (non-hydrogen) atoms. The number of ether oxygens (including phenoxy) is 2. The van der Waals surface area contributed by atoms with Crippen molar-refractivity contribution in [2.24, 2.45) is 17.6 Å². The molecule has 1 saturated carbocycles. The van der Waals surface area contributed by atoms with Crippen molar-refractivity contribution in [3.63, 3.8) is 0 Å². The van der Waals surface area contributed by atoms with Crippen LogP contribution in [0.3, 0.4) is 0 Å². The van der Waals surface area contributed by atoms with Crippen molar-refractivity contribution in [2.75, 3.05) is 33.4 Å². The van der Waals surface area contributed by atoms with E-state index < -0.39 is 0 Å². The van der Waals surface area contributed by atoms with Gasteiger partial charge in [0.05, 0.1) is 12.7 Å². The molecular weight excluding hydrogens is 264 g/mol. The minimum atomic E-state index is 0.0910. The number of hydrogen-bond acceptors (Lipinski definition) is 4. The molecule has 0 amide bonds. The van der Waals surface area contributed by atoms with Crippen molar-refractivity contribution in [3.8, 4) is 0 Å². The van der Waals surface area contributed by atoms with Gasteiger partial charge in [-0.3, -0.25) is 4.90 Å². The first kappa shape index (κ1) is 17.2. The third-order valence-electron chi connectivity index (χ3n) is 5.55. The smallest absolute Gasteiger partial charge is 0.0616 e. The van der Waals surface area contributed by atoms with Gasteiger partial charge < -0.3 is 15.2 Å². The zero-order valence-electron chi connectivity index (χ0n) is 14.3. The first-order valence-corrected chi connectivity index (χ1v) is 8.61. The highest BCUT2D eigenvalue weighted by atomic mass is 16.5. The SMILES string of the molecule is COCCN(C(C)C1CC1)C1(CN)CCOC(C(C)C)C1. The molecule has 4 nitrogen and oxygen atoms in total. The number of rotatable bonds is 8. The molecule has 4 heteroatoms. The van der Waals surface area contributed by atoms with Crippen molar-refractivity contribution in [2.45, 2.75) is 64.1 Å². The van der Waals surface area contributed by atoms with E-state index in [-0.39, 0.29) is 5.54 Å². The standard InChI is InChI=1S/C17H34N2O2/c1-13(2)16-11-17(12-18,7-9-21-16)19(8-10-20-4)14(3)15-5-6-15/h13-16H,5-12,18H2,1-4H3. The molecule has 0 bridgehead atoms. The van der Waals surface area contributed by atoms with Gasteiger partial charge in [-0.05, 0) is 44.4 Å². The van der Waals surface area contributed by atoms with Crippen molar-refractivity contribution in [3.05, 3.63) is 0 Å². The van der Waals surface area contributed by atoms with Gasteiger partial charge in [-0.2, -0.15) is 0 Å². The van der Waals surface area contributed by atoms with Crippen LogP contribution in [-0.4, -0.2) is 56.0 Å². The molecule has 0 aromatic rings. The van der Waals surface area contributed by atoms with Crippen LogP contribution in [0.4, 0.5) is 0 Å². The summed E-state index contributed by atoms with van der Waals surface area (Å²) < 4.78 is 11.4. The van der Waals surface area contributed by atoms with Crippen LogP contribution < -0.4 is 5.73 Å². The van der Waals surface area contributed by atoms with Crippen molar-refractivity contribution in [1.82, 2.24) is 4.90 Å². The molecule has 124 valence electrons. The quantitative estimate of drug-likeness (QED) is 0.747. The zero-order chi connectivity index (χ0) is 15.5. The molecule has 1 saturated heterocycles. The van der Waals surface area contributed by atoms with E-state index in [1.54, 1.807) is 7.11 Å². The summed E-state index contributed by atoms with van der Waals surface area (Å²) >= 11 is 0. The fraction of sp³-hybridized carbons (Fsp3) is 1.00. The lowest BCUT2D eigenvalue weighted by molar-refractivity contribution is -0.103. The minimum absolute atomic E-state index is 0.0910. The summed E-state index contributed by atoms with van der Waals surface area (Å²) in [6.45, 7) is 10.2. The van der Waals surface area contributed by atoms with Gasteiger partial charge in [-0.25, -0.2) is 0 Å². The number of nitrogens with two attached hydrogens (primary N) is 1. The van der Waals surface area contributed by atoms with Crippen LogP contribution >= 0.6 is 0 Å². The zero-order valence-corrected chi connectivity index (χ0v) is 14.3. The van der Waals surface area contributed by atoms with Crippen molar-refractivity contribution >= 4 is 0 Å². The summed E-state index contributed by atoms with van der Waals surface area (Å²) in [6.07, 6.45) is 5.18. The molecule has 3 atom stereocenters. The Bertz CT molecular complexity index is 320. The van der Waals surface area contributed by atoms with Crippen LogP contribution in [-0.2, 0) is 9.47 Å². The van der Waals surface area contributed by atoms with E-state index in [1.165, 1.54) is 12.8 Å². The van der Waals surface area contributed by atoms with Crippen molar-refractivity contribution < 1.29 is 9.47 Å². The van der Waals surface area contributed by atoms with E-state index in [4.69, 9.17) is 15.2 Å². The second-order valence-corrected chi connectivity index (χ2v) is 7.30. The van der Waals surface area contributed by atoms with E-state index >= 15 is 0 Å². The van der Waals surface area contributed by atoms with Crippen LogP contribution in [0.2, 0.25) is 0 Å². The average Bonchev–Trinajstić information content (AvgIpc) is 3.32. The van der Waals surface area contributed by atoms with E-state index in [1.807, 2.05) is 0 Å². The lowest BCUT2D eigenvalue weighted by Crippen LogP contribution is -2.62. The van der Waals surface area contributed by atoms with Gasteiger partial charge in [-0.15, -0.1) is 0 Å². The van der Waals surface area contributed by atoms with E-state index in [0.29, 0.717) is 18.1 Å². The molecule has 1 heterocycles. The van der Waals surface area contributed by atoms with Gasteiger partial charge in [0.2, 0.25) is 0 Å². The molecule has 2 N–H and O–H groups in total. The number of hydrogen-bond donors (Lipinski definition) is 1. The molecule has 1 aliphatic carbocycles. The van der Waals surface area contributed by atoms with Crippen LogP contribution in [0.15, 0.2) is 0 Å². The molecule has 3 unspecified atom stereocenters. The van der Waals surface area contributed by atoms with Gasteiger partial charge >= 0.3 is 0 Å². The van der Waals surface area contributed by atoms with Gasteiger partial charge in [0.15, 0.2) is 0 Å². The predicted octanol–water partition coefficient (Wildman–Crippen LogP) is 2.27. The second-order valence-electron chi connectivity index (χ2n) is 7.30. The van der Waals surface area contributed by atoms with Crippen molar-refractivity contribution in [1.29, 1.82) is 0 Å². The molecule has 2 aliphatic rings. The van der Waals surface area contributed by atoms with Gasteiger partial charge in [0.25, 0.3) is 0 Å². The largest absolute Gasteiger partial charge is 0.383 e. The molecule has 0 aromatic heterocycles. The summed E-state index contributed by atoms with van der Waals surface area (Å²) in [5, 5.41) is 0. The van der Waals surface area contributed by atoms with Crippen LogP contribution in [0.1, 0.15) is 46.5 Å². The van der Waals surface area contributed by atoms with E-state index in [2.05, 4.69) is 25.7 Å². The lowest BCUT2D eigenvalue weighted by atomic mass is 9.80. The molecular formula is C17H34N2O2. The second kappa shape index (κ2) is 7.40. The maximum absolute atomic E-state index is 6.29. The summed E-state index contributed by atoms with van der Waals surface area (Å²) in [5.41, 5.74) is 6.38. The molecule has 1 aliphatic heterocycles. The third kappa shape index (κ3) is 3.98. The molecule has 0 spiro atoms. The van der Waals surface area contributed by atoms with Gasteiger partial charge in [-0.1, -0.05) is 13.8 Å². The Kier molecular flexibility index (Phi) is 6.06. The van der Waals surface area contributed by atoms with Crippen LogP contribution in [0.25, 0.3) is 0 Å². The third-order valence-corrected chi connectivity index (χ3v) is 5.55. The maximum Gasteiger partial charge on any atom is 0.0616 e. The minimum Gasteiger partial charge on any atom is -0.383 e. The maximum atomic E-state index is 6.29. The average molecular weight is 298 g/mol. The summed E-state index contributed by atoms with van der Waals surface area (Å²) in [7, 11) is 1.79. The first-order valence-electron chi connectivity index (χ1n) is 8.61. The fourth-order valence-electron chi connectivity index (χ4n) is 3.82. The molecule has 2 fully saturated rings. The van der Waals surface area contributed by atoms with Gasteiger partial charge in [0.1, 0.15) is 0 Å². The summed E-state index contributed by atoms with van der Waals surface area (Å²) in [6, 6.07) is 0.606. The fourth-order valence-corrected chi connectivity index (χ4v) is 3.82. The first-order chi connectivity index (χ1) is 10.0. The lowest BCUT2D eigenvalue weighted by Gasteiger charge is -2.51. The van der Waals surface area contributed by atoms with Crippen LogP contribution in [0.5, 0.6) is 0 Å². The Morgan fingerprint density at radius 1 is 1.33 bits per heavy atom. The Morgan fingerprint density at radius 3 is 2.57 bits per heavy atom. The topological polar surface area (TPSA) is 47.7 Å². The van der Waals surface area contributed by atoms with Crippen LogP contribution in [0, 0.1) is 11.8 Å². The molecule has 0 radical (unpaired) electrons.